The first-order valence-corrected chi connectivity index (χ1v) is 9.81. The first kappa shape index (κ1) is 27.8. The molecule has 13 heteroatoms. The number of carbonyl (C=O) groups is 4. The van der Waals surface area contributed by atoms with Crippen LogP contribution in [0.2, 0.25) is 0 Å². The van der Waals surface area contributed by atoms with E-state index in [1.54, 1.807) is 6.29 Å². The number of nitrogens with one attached hydrogen (secondary N) is 6. The minimum absolute atomic E-state index is 0.175. The molecule has 5 atom stereocenters. The zero-order valence-electron chi connectivity index (χ0n) is 18.2. The third kappa shape index (κ3) is 11.5. The maximum absolute atomic E-state index is 12.2. The van der Waals surface area contributed by atoms with E-state index in [1.807, 2.05) is 0 Å². The zero-order chi connectivity index (χ0) is 24.1. The largest absolute Gasteiger partial charge is 0.370 e. The van der Waals surface area contributed by atoms with Crippen LogP contribution in [0.4, 0.5) is 0 Å². The normalized spacial score (nSPS) is 15.3. The van der Waals surface area contributed by atoms with Crippen molar-refractivity contribution in [2.24, 2.45) is 11.5 Å². The van der Waals surface area contributed by atoms with Gasteiger partial charge < -0.3 is 38.1 Å². The van der Waals surface area contributed by atoms with Gasteiger partial charge in [-0.05, 0) is 40.5 Å². The van der Waals surface area contributed by atoms with Gasteiger partial charge in [-0.15, -0.1) is 0 Å². The van der Waals surface area contributed by atoms with Gasteiger partial charge in [0.25, 0.3) is 0 Å². The lowest BCUT2D eigenvalue weighted by atomic mass is 10.1. The molecule has 0 rings (SSSR count). The molecule has 0 bridgehead atoms. The van der Waals surface area contributed by atoms with Gasteiger partial charge >= 0.3 is 0 Å². The second-order valence-corrected chi connectivity index (χ2v) is 7.13. The number of hydrogen-bond donors (Lipinski definition) is 8. The van der Waals surface area contributed by atoms with Crippen molar-refractivity contribution < 1.29 is 24.0 Å². The molecule has 0 spiro atoms. The Hall–Kier alpha value is -3.22. The van der Waals surface area contributed by atoms with Gasteiger partial charge in [0.15, 0.2) is 5.96 Å². The van der Waals surface area contributed by atoms with E-state index >= 15 is 0 Å². The second-order valence-electron chi connectivity index (χ2n) is 7.13. The third-order valence-corrected chi connectivity index (χ3v) is 4.14. The summed E-state index contributed by atoms with van der Waals surface area (Å²) in [6, 6.07) is -4.53. The first-order chi connectivity index (χ1) is 14.4. The fourth-order valence-electron chi connectivity index (χ4n) is 2.24. The predicted octanol–water partition coefficient (Wildman–Crippen LogP) is -3.29. The van der Waals surface area contributed by atoms with Crippen LogP contribution < -0.4 is 38.1 Å². The number of nitrogens with two attached hydrogens (primary N) is 2. The molecule has 31 heavy (non-hydrogen) atoms. The van der Waals surface area contributed by atoms with Crippen molar-refractivity contribution in [2.75, 3.05) is 6.54 Å². The standard InChI is InChI=1S/C18H33N8O5/c1-9(8-27)23-14(28)10(2)24-15(29)11(3)25-16(30)12(4)26-17(31)13(19)6-5-7-22-18(20)21/h9-13H,5-7,19H2,1-4H3,(H,23,28)(H,24,29)(H,25,30)(H,26,31)(H4,20,21,22)/t9-,10-,11-,12-,13+/m0/s1. The van der Waals surface area contributed by atoms with Gasteiger partial charge in [-0.3, -0.25) is 29.4 Å². The fraction of sp³-hybridized carbons (Fsp3) is 0.667. The third-order valence-electron chi connectivity index (χ3n) is 4.14. The van der Waals surface area contributed by atoms with Crippen LogP contribution in [0.3, 0.4) is 0 Å². The minimum atomic E-state index is -0.983. The van der Waals surface area contributed by atoms with E-state index in [-0.39, 0.29) is 5.96 Å². The molecule has 0 aliphatic rings. The Kier molecular flexibility index (Phi) is 12.5. The molecule has 0 heterocycles. The lowest BCUT2D eigenvalue weighted by molar-refractivity contribution is -0.133. The van der Waals surface area contributed by atoms with Crippen molar-refractivity contribution in [3.05, 3.63) is 0 Å². The summed E-state index contributed by atoms with van der Waals surface area (Å²) in [5, 5.41) is 19.3. The molecule has 0 aromatic rings. The molecule has 0 fully saturated rings. The van der Waals surface area contributed by atoms with Crippen LogP contribution in [0, 0.1) is 5.41 Å². The summed E-state index contributed by atoms with van der Waals surface area (Å²) in [5.74, 6) is -2.51. The molecule has 0 saturated carbocycles. The lowest BCUT2D eigenvalue weighted by Gasteiger charge is -2.21. The van der Waals surface area contributed by atoms with Crippen molar-refractivity contribution in [3.8, 4) is 0 Å². The fourth-order valence-corrected chi connectivity index (χ4v) is 2.24. The Labute approximate surface area is 181 Å². The molecule has 13 nitrogen and oxygen atoms in total. The molecular formula is C18H33N8O5. The molecular weight excluding hydrogens is 408 g/mol. The number of rotatable bonds is 13. The Balaban J connectivity index is 4.46. The van der Waals surface area contributed by atoms with E-state index in [0.29, 0.717) is 19.4 Å². The molecule has 175 valence electrons. The maximum atomic E-state index is 12.2. The molecule has 0 aliphatic carbocycles. The summed E-state index contributed by atoms with van der Waals surface area (Å²) in [7, 11) is 0. The van der Waals surface area contributed by atoms with Crippen molar-refractivity contribution in [1.82, 2.24) is 26.6 Å². The highest BCUT2D eigenvalue weighted by atomic mass is 16.2. The van der Waals surface area contributed by atoms with Crippen LogP contribution >= 0.6 is 0 Å². The van der Waals surface area contributed by atoms with Gasteiger partial charge in [0.2, 0.25) is 29.9 Å². The Morgan fingerprint density at radius 2 is 1.26 bits per heavy atom. The van der Waals surface area contributed by atoms with E-state index in [0.717, 1.165) is 0 Å². The molecule has 0 saturated heterocycles. The molecule has 0 aliphatic heterocycles. The molecule has 10 N–H and O–H groups in total. The Morgan fingerprint density at radius 1 is 0.839 bits per heavy atom. The second kappa shape index (κ2) is 13.9. The average Bonchev–Trinajstić information content (AvgIpc) is 2.69. The zero-order valence-corrected chi connectivity index (χ0v) is 18.2. The molecule has 0 aromatic carbocycles. The van der Waals surface area contributed by atoms with Crippen molar-refractivity contribution in [2.45, 2.75) is 70.7 Å². The highest BCUT2D eigenvalue weighted by Crippen LogP contribution is 1.96. The summed E-state index contributed by atoms with van der Waals surface area (Å²) in [6.45, 7) is 6.11. The topological polar surface area (TPSA) is 221 Å². The molecule has 4 amide bonds. The summed E-state index contributed by atoms with van der Waals surface area (Å²) in [4.78, 5) is 58.8. The number of amides is 4. The van der Waals surface area contributed by atoms with E-state index in [2.05, 4.69) is 26.6 Å². The number of carbonyl (C=O) groups excluding carboxylic acids is 5. The van der Waals surface area contributed by atoms with Crippen LogP contribution in [0.5, 0.6) is 0 Å². The maximum Gasteiger partial charge on any atom is 0.242 e. The number of hydrogen-bond acceptors (Lipinski definition) is 7. The Bertz CT molecular complexity index is 671. The van der Waals surface area contributed by atoms with E-state index in [4.69, 9.17) is 16.9 Å². The molecule has 1 radical (unpaired) electrons. The van der Waals surface area contributed by atoms with Gasteiger partial charge in [-0.25, -0.2) is 0 Å². The van der Waals surface area contributed by atoms with Gasteiger partial charge in [-0.2, -0.15) is 0 Å². The molecule has 0 aromatic heterocycles. The predicted molar refractivity (Wildman–Crippen MR) is 113 cm³/mol. The summed E-state index contributed by atoms with van der Waals surface area (Å²) in [6.07, 6.45) is 2.42. The van der Waals surface area contributed by atoms with E-state index in [1.165, 1.54) is 27.7 Å². The van der Waals surface area contributed by atoms with Crippen LogP contribution in [-0.4, -0.2) is 72.6 Å². The smallest absolute Gasteiger partial charge is 0.242 e. The van der Waals surface area contributed by atoms with E-state index < -0.39 is 53.8 Å². The van der Waals surface area contributed by atoms with Crippen LogP contribution in [0.25, 0.3) is 0 Å². The number of guanidine groups is 1. The summed E-state index contributed by atoms with van der Waals surface area (Å²) >= 11 is 0. The van der Waals surface area contributed by atoms with Crippen LogP contribution in [-0.2, 0) is 24.0 Å². The highest BCUT2D eigenvalue weighted by molar-refractivity contribution is 5.94. The van der Waals surface area contributed by atoms with Crippen LogP contribution in [0.1, 0.15) is 40.5 Å². The SMILES string of the molecule is C[C@H](NC(=O)[C@H](N)CCCNC(=N)N)C(=O)N[C@@H](C)C(=O)N[C@@H](C)C(=O)N[C@@H](C)[C]=O. The van der Waals surface area contributed by atoms with Gasteiger partial charge in [0.05, 0.1) is 12.1 Å². The van der Waals surface area contributed by atoms with Crippen molar-refractivity contribution in [1.29, 1.82) is 5.41 Å². The van der Waals surface area contributed by atoms with Gasteiger partial charge in [0, 0.05) is 6.54 Å². The van der Waals surface area contributed by atoms with Crippen molar-refractivity contribution in [3.63, 3.8) is 0 Å². The molecule has 0 unspecified atom stereocenters. The Morgan fingerprint density at radius 3 is 1.68 bits per heavy atom. The first-order valence-electron chi connectivity index (χ1n) is 9.81. The summed E-state index contributed by atoms with van der Waals surface area (Å²) in [5.41, 5.74) is 10.9. The van der Waals surface area contributed by atoms with Crippen molar-refractivity contribution >= 4 is 35.9 Å². The van der Waals surface area contributed by atoms with E-state index in [9.17, 15) is 24.0 Å². The monoisotopic (exact) mass is 441 g/mol. The van der Waals surface area contributed by atoms with Crippen LogP contribution in [0.15, 0.2) is 0 Å². The highest BCUT2D eigenvalue weighted by Gasteiger charge is 2.25. The summed E-state index contributed by atoms with van der Waals surface area (Å²) < 4.78 is 0. The van der Waals surface area contributed by atoms with Gasteiger partial charge in [-0.1, -0.05) is 0 Å². The average molecular weight is 442 g/mol. The minimum Gasteiger partial charge on any atom is -0.370 e. The lowest BCUT2D eigenvalue weighted by Crippen LogP contribution is -2.56. The quantitative estimate of drug-likeness (QED) is 0.0819. The van der Waals surface area contributed by atoms with Gasteiger partial charge in [0.1, 0.15) is 18.1 Å².